The van der Waals surface area contributed by atoms with E-state index < -0.39 is 0 Å². The van der Waals surface area contributed by atoms with Gasteiger partial charge in [-0.05, 0) is 37.6 Å². The second-order valence-corrected chi connectivity index (χ2v) is 4.13. The molecule has 0 radical (unpaired) electrons. The molecule has 1 fully saturated rings. The Balaban J connectivity index is 2.53. The van der Waals surface area contributed by atoms with Crippen LogP contribution in [-0.4, -0.2) is 31.5 Å². The van der Waals surface area contributed by atoms with Crippen LogP contribution in [0.3, 0.4) is 0 Å². The third kappa shape index (κ3) is 2.66. The molecule has 2 unspecified atom stereocenters. The summed E-state index contributed by atoms with van der Waals surface area (Å²) < 4.78 is 5.36. The number of aliphatic hydroxyl groups is 1. The summed E-state index contributed by atoms with van der Waals surface area (Å²) in [6.07, 6.45) is 5.65. The van der Waals surface area contributed by atoms with Gasteiger partial charge in [0.05, 0.1) is 6.10 Å². The SMILES string of the molecule is COC1CCCC(CN)(CCO)C1. The summed E-state index contributed by atoms with van der Waals surface area (Å²) in [6.45, 7) is 0.918. The zero-order valence-corrected chi connectivity index (χ0v) is 8.46. The largest absolute Gasteiger partial charge is 0.396 e. The summed E-state index contributed by atoms with van der Waals surface area (Å²) in [5, 5.41) is 8.98. The van der Waals surface area contributed by atoms with Gasteiger partial charge in [0, 0.05) is 13.7 Å². The zero-order valence-electron chi connectivity index (χ0n) is 8.46. The topological polar surface area (TPSA) is 55.5 Å². The lowest BCUT2D eigenvalue weighted by Gasteiger charge is -2.39. The number of aliphatic hydroxyl groups excluding tert-OH is 1. The van der Waals surface area contributed by atoms with E-state index in [1.54, 1.807) is 7.11 Å². The van der Waals surface area contributed by atoms with Crippen LogP contribution in [0.15, 0.2) is 0 Å². The molecule has 0 aliphatic heterocycles. The molecule has 3 nitrogen and oxygen atoms in total. The molecule has 3 N–H and O–H groups in total. The third-order valence-corrected chi connectivity index (χ3v) is 3.30. The molecule has 0 aromatic heterocycles. The van der Waals surface area contributed by atoms with Crippen molar-refractivity contribution in [2.75, 3.05) is 20.3 Å². The first-order valence-corrected chi connectivity index (χ1v) is 5.10. The Hall–Kier alpha value is -0.120. The van der Waals surface area contributed by atoms with Crippen LogP contribution in [0.1, 0.15) is 32.1 Å². The van der Waals surface area contributed by atoms with Crippen LogP contribution >= 0.6 is 0 Å². The second kappa shape index (κ2) is 4.94. The molecule has 1 saturated carbocycles. The molecule has 0 saturated heterocycles. The molecule has 1 aliphatic rings. The van der Waals surface area contributed by atoms with Gasteiger partial charge in [-0.25, -0.2) is 0 Å². The Bertz CT molecular complexity index is 148. The molecule has 2 atom stereocenters. The van der Waals surface area contributed by atoms with Gasteiger partial charge in [-0.2, -0.15) is 0 Å². The summed E-state index contributed by atoms with van der Waals surface area (Å²) in [7, 11) is 1.76. The maximum absolute atomic E-state index is 8.98. The molecule has 1 aliphatic carbocycles. The van der Waals surface area contributed by atoms with Crippen LogP contribution in [0.5, 0.6) is 0 Å². The van der Waals surface area contributed by atoms with Gasteiger partial charge in [0.25, 0.3) is 0 Å². The zero-order chi connectivity index (χ0) is 9.73. The minimum Gasteiger partial charge on any atom is -0.396 e. The smallest absolute Gasteiger partial charge is 0.0577 e. The fourth-order valence-corrected chi connectivity index (χ4v) is 2.34. The van der Waals surface area contributed by atoms with Gasteiger partial charge in [-0.15, -0.1) is 0 Å². The number of nitrogens with two attached hydrogens (primary N) is 1. The van der Waals surface area contributed by atoms with Gasteiger partial charge in [0.1, 0.15) is 0 Å². The van der Waals surface area contributed by atoms with Crippen LogP contribution in [-0.2, 0) is 4.74 Å². The van der Waals surface area contributed by atoms with Crippen molar-refractivity contribution in [1.82, 2.24) is 0 Å². The highest BCUT2D eigenvalue weighted by atomic mass is 16.5. The molecule has 3 heteroatoms. The van der Waals surface area contributed by atoms with Crippen molar-refractivity contribution in [3.05, 3.63) is 0 Å². The second-order valence-electron chi connectivity index (χ2n) is 4.13. The first-order valence-electron chi connectivity index (χ1n) is 5.10. The molecule has 0 amide bonds. The quantitative estimate of drug-likeness (QED) is 0.687. The Morgan fingerprint density at radius 2 is 2.38 bits per heavy atom. The molecule has 13 heavy (non-hydrogen) atoms. The van der Waals surface area contributed by atoms with E-state index in [2.05, 4.69) is 0 Å². The van der Waals surface area contributed by atoms with Crippen LogP contribution in [0, 0.1) is 5.41 Å². The molecular formula is C10H21NO2. The van der Waals surface area contributed by atoms with Gasteiger partial charge < -0.3 is 15.6 Å². The van der Waals surface area contributed by atoms with Crippen molar-refractivity contribution in [3.63, 3.8) is 0 Å². The van der Waals surface area contributed by atoms with Gasteiger partial charge in [0.2, 0.25) is 0 Å². The lowest BCUT2D eigenvalue weighted by molar-refractivity contribution is 0.00540. The Labute approximate surface area is 80.3 Å². The number of hydrogen-bond acceptors (Lipinski definition) is 3. The summed E-state index contributed by atoms with van der Waals surface area (Å²) in [4.78, 5) is 0. The van der Waals surface area contributed by atoms with Crippen LogP contribution in [0.4, 0.5) is 0 Å². The van der Waals surface area contributed by atoms with Gasteiger partial charge in [0.15, 0.2) is 0 Å². The van der Waals surface area contributed by atoms with Crippen molar-refractivity contribution < 1.29 is 9.84 Å². The highest BCUT2D eigenvalue weighted by Crippen LogP contribution is 2.39. The van der Waals surface area contributed by atoms with E-state index in [1.165, 1.54) is 6.42 Å². The van der Waals surface area contributed by atoms with Crippen LogP contribution < -0.4 is 5.73 Å². The summed E-state index contributed by atoms with van der Waals surface area (Å²) >= 11 is 0. The highest BCUT2D eigenvalue weighted by Gasteiger charge is 2.34. The molecule has 0 bridgehead atoms. The molecule has 1 rings (SSSR count). The molecule has 0 heterocycles. The van der Waals surface area contributed by atoms with Crippen molar-refractivity contribution in [1.29, 1.82) is 0 Å². The standard InChI is InChI=1S/C10H21NO2/c1-13-9-3-2-4-10(7-9,8-11)5-6-12/h9,12H,2-8,11H2,1H3. The number of rotatable bonds is 4. The van der Waals surface area contributed by atoms with E-state index in [0.29, 0.717) is 12.6 Å². The van der Waals surface area contributed by atoms with Crippen molar-refractivity contribution in [2.24, 2.45) is 11.1 Å². The fourth-order valence-electron chi connectivity index (χ4n) is 2.34. The minimum absolute atomic E-state index is 0.147. The Morgan fingerprint density at radius 3 is 2.92 bits per heavy atom. The van der Waals surface area contributed by atoms with Gasteiger partial charge >= 0.3 is 0 Å². The van der Waals surface area contributed by atoms with E-state index in [0.717, 1.165) is 25.7 Å². The average molecular weight is 187 g/mol. The first-order chi connectivity index (χ1) is 6.26. The van der Waals surface area contributed by atoms with Gasteiger partial charge in [-0.1, -0.05) is 6.42 Å². The molecule has 0 spiro atoms. The van der Waals surface area contributed by atoms with Crippen LogP contribution in [0.25, 0.3) is 0 Å². The molecule has 0 aromatic rings. The number of hydrogen-bond donors (Lipinski definition) is 2. The lowest BCUT2D eigenvalue weighted by atomic mass is 9.71. The summed E-state index contributed by atoms with van der Waals surface area (Å²) in [5.74, 6) is 0. The monoisotopic (exact) mass is 187 g/mol. The maximum atomic E-state index is 8.98. The third-order valence-electron chi connectivity index (χ3n) is 3.30. The normalized spacial score (nSPS) is 34.8. The fraction of sp³-hybridized carbons (Fsp3) is 1.00. The van der Waals surface area contributed by atoms with Crippen LogP contribution in [0.2, 0.25) is 0 Å². The Morgan fingerprint density at radius 1 is 1.62 bits per heavy atom. The molecule has 78 valence electrons. The van der Waals surface area contributed by atoms with E-state index in [1.807, 2.05) is 0 Å². The van der Waals surface area contributed by atoms with E-state index in [9.17, 15) is 0 Å². The minimum atomic E-state index is 0.147. The molecular weight excluding hydrogens is 166 g/mol. The van der Waals surface area contributed by atoms with Crippen molar-refractivity contribution in [3.8, 4) is 0 Å². The highest BCUT2D eigenvalue weighted by molar-refractivity contribution is 4.87. The first kappa shape index (κ1) is 11.0. The summed E-state index contributed by atoms with van der Waals surface area (Å²) in [6, 6.07) is 0. The number of methoxy groups -OCH3 is 1. The predicted octanol–water partition coefficient (Wildman–Crippen LogP) is 0.903. The Kier molecular flexibility index (Phi) is 4.16. The average Bonchev–Trinajstić information content (AvgIpc) is 2.19. The van der Waals surface area contributed by atoms with E-state index in [-0.39, 0.29) is 12.0 Å². The summed E-state index contributed by atoms with van der Waals surface area (Å²) in [5.41, 5.74) is 5.92. The van der Waals surface area contributed by atoms with E-state index >= 15 is 0 Å². The van der Waals surface area contributed by atoms with Crippen molar-refractivity contribution >= 4 is 0 Å². The molecule has 0 aromatic carbocycles. The van der Waals surface area contributed by atoms with Gasteiger partial charge in [-0.3, -0.25) is 0 Å². The predicted molar refractivity (Wildman–Crippen MR) is 52.5 cm³/mol. The van der Waals surface area contributed by atoms with Crippen molar-refractivity contribution in [2.45, 2.75) is 38.2 Å². The maximum Gasteiger partial charge on any atom is 0.0577 e. The lowest BCUT2D eigenvalue weighted by Crippen LogP contribution is -2.39. The van der Waals surface area contributed by atoms with E-state index in [4.69, 9.17) is 15.6 Å². The number of ether oxygens (including phenoxy) is 1.